The highest BCUT2D eigenvalue weighted by Gasteiger charge is 2.36. The highest BCUT2D eigenvalue weighted by atomic mass is 35.5. The standard InChI is InChI=1S/C7H5ClF3NO2S/c8-4-1-2-5(7(9,10)11)6(3-4)15(12,13)14/h1-3H,(H2,12,13,14). The molecule has 2 N–H and O–H groups in total. The predicted molar refractivity (Wildman–Crippen MR) is 47.8 cm³/mol. The third kappa shape index (κ3) is 2.83. The Kier molecular flexibility index (Phi) is 2.99. The molecule has 0 aliphatic carbocycles. The molecule has 0 atom stereocenters. The molecule has 0 amide bonds. The second kappa shape index (κ2) is 3.66. The van der Waals surface area contributed by atoms with Crippen LogP contribution >= 0.6 is 11.6 Å². The van der Waals surface area contributed by atoms with Crippen LogP contribution in [0.1, 0.15) is 5.56 Å². The molecule has 0 heterocycles. The second-order valence-electron chi connectivity index (χ2n) is 2.68. The van der Waals surface area contributed by atoms with E-state index in [4.69, 9.17) is 11.6 Å². The first kappa shape index (κ1) is 12.3. The molecule has 0 aromatic heterocycles. The van der Waals surface area contributed by atoms with E-state index in [1.807, 2.05) is 0 Å². The summed E-state index contributed by atoms with van der Waals surface area (Å²) in [5, 5.41) is 4.50. The molecule has 15 heavy (non-hydrogen) atoms. The van der Waals surface area contributed by atoms with Gasteiger partial charge >= 0.3 is 6.18 Å². The highest BCUT2D eigenvalue weighted by molar-refractivity contribution is 7.89. The first-order valence-electron chi connectivity index (χ1n) is 3.52. The Morgan fingerprint density at radius 3 is 2.20 bits per heavy atom. The van der Waals surface area contributed by atoms with Gasteiger partial charge < -0.3 is 0 Å². The molecule has 0 aliphatic heterocycles. The molecule has 1 rings (SSSR count). The first-order chi connectivity index (χ1) is 6.62. The Hall–Kier alpha value is -0.790. The predicted octanol–water partition coefficient (Wildman–Crippen LogP) is 2.01. The monoisotopic (exact) mass is 259 g/mol. The van der Waals surface area contributed by atoms with Crippen LogP contribution in [0.2, 0.25) is 5.02 Å². The third-order valence-electron chi connectivity index (χ3n) is 1.56. The molecular formula is C7H5ClF3NO2S. The summed E-state index contributed by atoms with van der Waals surface area (Å²) in [6.45, 7) is 0. The van der Waals surface area contributed by atoms with Gasteiger partial charge in [0.2, 0.25) is 10.0 Å². The maximum Gasteiger partial charge on any atom is 0.417 e. The van der Waals surface area contributed by atoms with Gasteiger partial charge in [-0.3, -0.25) is 0 Å². The van der Waals surface area contributed by atoms with Crippen LogP contribution in [0.5, 0.6) is 0 Å². The van der Waals surface area contributed by atoms with E-state index >= 15 is 0 Å². The topological polar surface area (TPSA) is 60.2 Å². The number of benzene rings is 1. The lowest BCUT2D eigenvalue weighted by atomic mass is 10.2. The van der Waals surface area contributed by atoms with Crippen molar-refractivity contribution in [1.29, 1.82) is 0 Å². The zero-order chi connectivity index (χ0) is 11.9. The Labute approximate surface area is 88.7 Å². The minimum Gasteiger partial charge on any atom is -0.225 e. The molecule has 0 unspecified atom stereocenters. The van der Waals surface area contributed by atoms with Gasteiger partial charge in [-0.1, -0.05) is 11.6 Å². The Bertz CT molecular complexity index is 483. The van der Waals surface area contributed by atoms with Gasteiger partial charge in [-0.2, -0.15) is 13.2 Å². The summed E-state index contributed by atoms with van der Waals surface area (Å²) in [5.74, 6) is 0. The zero-order valence-corrected chi connectivity index (χ0v) is 8.62. The highest BCUT2D eigenvalue weighted by Crippen LogP contribution is 2.34. The van der Waals surface area contributed by atoms with Crippen molar-refractivity contribution in [2.75, 3.05) is 0 Å². The number of halogens is 4. The number of primary sulfonamides is 1. The average molecular weight is 260 g/mol. The van der Waals surface area contributed by atoms with Gasteiger partial charge in [-0.25, -0.2) is 13.6 Å². The number of hydrogen-bond acceptors (Lipinski definition) is 2. The lowest BCUT2D eigenvalue weighted by Crippen LogP contribution is -2.18. The van der Waals surface area contributed by atoms with Crippen LogP contribution in [0.3, 0.4) is 0 Å². The van der Waals surface area contributed by atoms with E-state index in [-0.39, 0.29) is 5.02 Å². The van der Waals surface area contributed by atoms with Crippen molar-refractivity contribution in [2.45, 2.75) is 11.1 Å². The van der Waals surface area contributed by atoms with E-state index in [1.54, 1.807) is 0 Å². The lowest BCUT2D eigenvalue weighted by molar-refractivity contribution is -0.139. The Morgan fingerprint density at radius 1 is 1.27 bits per heavy atom. The van der Waals surface area contributed by atoms with Gasteiger partial charge in [-0.15, -0.1) is 0 Å². The largest absolute Gasteiger partial charge is 0.417 e. The van der Waals surface area contributed by atoms with Crippen LogP contribution < -0.4 is 5.14 Å². The van der Waals surface area contributed by atoms with Crippen molar-refractivity contribution in [3.8, 4) is 0 Å². The second-order valence-corrected chi connectivity index (χ2v) is 4.65. The normalized spacial score (nSPS) is 12.9. The molecule has 0 saturated heterocycles. The van der Waals surface area contributed by atoms with E-state index in [2.05, 4.69) is 5.14 Å². The molecule has 0 bridgehead atoms. The van der Waals surface area contributed by atoms with Crippen molar-refractivity contribution in [2.24, 2.45) is 5.14 Å². The number of rotatable bonds is 1. The van der Waals surface area contributed by atoms with E-state index in [1.165, 1.54) is 0 Å². The number of sulfonamides is 1. The zero-order valence-electron chi connectivity index (χ0n) is 7.05. The van der Waals surface area contributed by atoms with Crippen LogP contribution in [-0.2, 0) is 16.2 Å². The summed E-state index contributed by atoms with van der Waals surface area (Å²) in [5.41, 5.74) is -1.32. The minimum atomic E-state index is -4.79. The minimum absolute atomic E-state index is 0.132. The number of hydrogen-bond donors (Lipinski definition) is 1. The van der Waals surface area contributed by atoms with Crippen molar-refractivity contribution in [3.63, 3.8) is 0 Å². The van der Waals surface area contributed by atoms with Gasteiger partial charge in [0.1, 0.15) is 0 Å². The van der Waals surface area contributed by atoms with Gasteiger partial charge in [0.15, 0.2) is 0 Å². The summed E-state index contributed by atoms with van der Waals surface area (Å²) in [7, 11) is -4.44. The summed E-state index contributed by atoms with van der Waals surface area (Å²) < 4.78 is 58.8. The molecule has 1 aromatic rings. The van der Waals surface area contributed by atoms with Gasteiger partial charge in [0, 0.05) is 5.02 Å². The van der Waals surface area contributed by atoms with Crippen molar-refractivity contribution in [1.82, 2.24) is 0 Å². The molecule has 84 valence electrons. The molecule has 0 fully saturated rings. The van der Waals surface area contributed by atoms with Crippen molar-refractivity contribution in [3.05, 3.63) is 28.8 Å². The van der Waals surface area contributed by atoms with Gasteiger partial charge in [-0.05, 0) is 18.2 Å². The van der Waals surface area contributed by atoms with Crippen molar-refractivity contribution < 1.29 is 21.6 Å². The number of nitrogens with two attached hydrogens (primary N) is 1. The summed E-state index contributed by atoms with van der Waals surface area (Å²) in [6.07, 6.45) is -4.79. The molecule has 8 heteroatoms. The smallest absolute Gasteiger partial charge is 0.225 e. The summed E-state index contributed by atoms with van der Waals surface area (Å²) in [4.78, 5) is -1.03. The van der Waals surface area contributed by atoms with Crippen LogP contribution in [0.4, 0.5) is 13.2 Å². The molecule has 1 aromatic carbocycles. The fourth-order valence-electron chi connectivity index (χ4n) is 0.966. The molecule has 0 aliphatic rings. The molecule has 0 spiro atoms. The molecule has 0 saturated carbocycles. The average Bonchev–Trinajstić information content (AvgIpc) is 2.00. The van der Waals surface area contributed by atoms with Crippen LogP contribution in [0.25, 0.3) is 0 Å². The van der Waals surface area contributed by atoms with Crippen molar-refractivity contribution >= 4 is 21.6 Å². The summed E-state index contributed by atoms with van der Waals surface area (Å²) >= 11 is 5.39. The van der Waals surface area contributed by atoms with Gasteiger partial charge in [0.05, 0.1) is 10.5 Å². The van der Waals surface area contributed by atoms with E-state index < -0.39 is 26.7 Å². The van der Waals surface area contributed by atoms with Gasteiger partial charge in [0.25, 0.3) is 0 Å². The Balaban J connectivity index is 3.55. The quantitative estimate of drug-likeness (QED) is 0.839. The maximum absolute atomic E-state index is 12.3. The maximum atomic E-state index is 12.3. The summed E-state index contributed by atoms with van der Waals surface area (Å²) in [6, 6.07) is 2.18. The number of alkyl halides is 3. The van der Waals surface area contributed by atoms with E-state index in [9.17, 15) is 21.6 Å². The van der Waals surface area contributed by atoms with E-state index in [0.29, 0.717) is 12.1 Å². The fraction of sp³-hybridized carbons (Fsp3) is 0.143. The SMILES string of the molecule is NS(=O)(=O)c1cc(Cl)ccc1C(F)(F)F. The fourth-order valence-corrected chi connectivity index (χ4v) is 1.98. The van der Waals surface area contributed by atoms with Crippen LogP contribution in [-0.4, -0.2) is 8.42 Å². The molecule has 0 radical (unpaired) electrons. The van der Waals surface area contributed by atoms with Crippen LogP contribution in [0.15, 0.2) is 23.1 Å². The third-order valence-corrected chi connectivity index (χ3v) is 2.74. The Morgan fingerprint density at radius 2 is 1.80 bits per heavy atom. The van der Waals surface area contributed by atoms with Crippen LogP contribution in [0, 0.1) is 0 Å². The first-order valence-corrected chi connectivity index (χ1v) is 5.44. The lowest BCUT2D eigenvalue weighted by Gasteiger charge is -2.11. The molecular weight excluding hydrogens is 255 g/mol. The van der Waals surface area contributed by atoms with E-state index in [0.717, 1.165) is 6.07 Å². The molecule has 3 nitrogen and oxygen atoms in total.